The lowest BCUT2D eigenvalue weighted by molar-refractivity contribution is -0.140. The topological polar surface area (TPSA) is 83.5 Å². The van der Waals surface area contributed by atoms with E-state index in [0.717, 1.165) is 12.1 Å². The van der Waals surface area contributed by atoms with Crippen molar-refractivity contribution in [3.05, 3.63) is 28.5 Å². The smallest absolute Gasteiger partial charge is 0.322 e. The third-order valence-corrected chi connectivity index (χ3v) is 4.83. The number of carboxylic acids is 1. The van der Waals surface area contributed by atoms with Gasteiger partial charge in [0.1, 0.15) is 11.9 Å². The molecule has 0 aliphatic carbocycles. The summed E-state index contributed by atoms with van der Waals surface area (Å²) < 4.78 is 39.4. The Hall–Kier alpha value is -0.990. The highest BCUT2D eigenvalue weighted by molar-refractivity contribution is 9.10. The third kappa shape index (κ3) is 3.99. The van der Waals surface area contributed by atoms with Gasteiger partial charge in [-0.25, -0.2) is 12.8 Å². The molecule has 0 bridgehead atoms. The highest BCUT2D eigenvalue weighted by atomic mass is 79.9. The van der Waals surface area contributed by atoms with Crippen molar-refractivity contribution in [2.24, 2.45) is 5.92 Å². The van der Waals surface area contributed by atoms with Crippen LogP contribution in [0.2, 0.25) is 0 Å². The number of benzene rings is 1. The minimum atomic E-state index is -4.12. The summed E-state index contributed by atoms with van der Waals surface area (Å²) in [6, 6.07) is 1.89. The Balaban J connectivity index is 3.17. The summed E-state index contributed by atoms with van der Waals surface area (Å²) in [5, 5.41) is 8.97. The van der Waals surface area contributed by atoms with Crippen LogP contribution in [0, 0.1) is 11.7 Å². The predicted octanol–water partition coefficient (Wildman–Crippen LogP) is 1.98. The first-order valence-electron chi connectivity index (χ1n) is 5.35. The van der Waals surface area contributed by atoms with Crippen molar-refractivity contribution >= 4 is 31.9 Å². The minimum absolute atomic E-state index is 0.161. The fourth-order valence-corrected chi connectivity index (χ4v) is 3.70. The van der Waals surface area contributed by atoms with Crippen molar-refractivity contribution in [2.75, 3.05) is 0 Å². The van der Waals surface area contributed by atoms with E-state index in [2.05, 4.69) is 20.7 Å². The van der Waals surface area contributed by atoms with Crippen molar-refractivity contribution in [3.63, 3.8) is 0 Å². The van der Waals surface area contributed by atoms with E-state index in [1.807, 2.05) is 0 Å². The fraction of sp³-hybridized carbons (Fsp3) is 0.364. The molecule has 106 valence electrons. The molecule has 1 unspecified atom stereocenters. The van der Waals surface area contributed by atoms with E-state index in [1.54, 1.807) is 13.8 Å². The molecule has 1 rings (SSSR count). The molecule has 1 aromatic rings. The van der Waals surface area contributed by atoms with Gasteiger partial charge in [-0.1, -0.05) is 13.8 Å². The molecule has 0 aromatic heterocycles. The number of hydrogen-bond acceptors (Lipinski definition) is 3. The van der Waals surface area contributed by atoms with Gasteiger partial charge in [0, 0.05) is 4.47 Å². The molecule has 0 spiro atoms. The lowest BCUT2D eigenvalue weighted by Gasteiger charge is -2.18. The van der Waals surface area contributed by atoms with E-state index < -0.39 is 33.8 Å². The fourth-order valence-electron chi connectivity index (χ4n) is 1.39. The van der Waals surface area contributed by atoms with Crippen LogP contribution >= 0.6 is 15.9 Å². The van der Waals surface area contributed by atoms with Crippen LogP contribution in [-0.4, -0.2) is 25.5 Å². The number of sulfonamides is 1. The van der Waals surface area contributed by atoms with Gasteiger partial charge in [0.05, 0.1) is 4.90 Å². The highest BCUT2D eigenvalue weighted by Gasteiger charge is 2.29. The summed E-state index contributed by atoms with van der Waals surface area (Å²) in [7, 11) is -4.12. The van der Waals surface area contributed by atoms with Crippen LogP contribution in [0.25, 0.3) is 0 Å². The molecule has 0 amide bonds. The second kappa shape index (κ2) is 5.98. The molecule has 8 heteroatoms. The normalized spacial score (nSPS) is 13.5. The Bertz CT molecular complexity index is 588. The standard InChI is InChI=1S/C11H13BrFNO4S/c1-6(2)10(11(15)16)14-19(17,18)9-5-7(13)3-4-8(9)12/h3-6,10,14H,1-2H3,(H,15,16). The largest absolute Gasteiger partial charge is 0.480 e. The zero-order chi connectivity index (χ0) is 14.8. The molecular formula is C11H13BrFNO4S. The average Bonchev–Trinajstić information content (AvgIpc) is 2.28. The number of hydrogen-bond donors (Lipinski definition) is 2. The molecule has 0 heterocycles. The molecule has 2 N–H and O–H groups in total. The molecule has 1 atom stereocenters. The lowest BCUT2D eigenvalue weighted by Crippen LogP contribution is -2.44. The van der Waals surface area contributed by atoms with E-state index in [0.29, 0.717) is 0 Å². The Morgan fingerprint density at radius 1 is 1.42 bits per heavy atom. The monoisotopic (exact) mass is 353 g/mol. The van der Waals surface area contributed by atoms with Crippen molar-refractivity contribution < 1.29 is 22.7 Å². The first kappa shape index (κ1) is 16.1. The number of carboxylic acid groups (broad SMARTS) is 1. The molecule has 0 aliphatic rings. The molecule has 0 fully saturated rings. The second-order valence-electron chi connectivity index (χ2n) is 4.26. The summed E-state index contributed by atoms with van der Waals surface area (Å²) in [6.07, 6.45) is 0. The molecule has 19 heavy (non-hydrogen) atoms. The number of aliphatic carboxylic acids is 1. The Morgan fingerprint density at radius 3 is 2.47 bits per heavy atom. The van der Waals surface area contributed by atoms with Crippen LogP contribution in [0.15, 0.2) is 27.6 Å². The van der Waals surface area contributed by atoms with Crippen LogP contribution in [0.4, 0.5) is 4.39 Å². The number of rotatable bonds is 5. The lowest BCUT2D eigenvalue weighted by atomic mass is 10.1. The van der Waals surface area contributed by atoms with Gasteiger partial charge in [0.25, 0.3) is 0 Å². The third-order valence-electron chi connectivity index (χ3n) is 2.40. The summed E-state index contributed by atoms with van der Waals surface area (Å²) in [5.74, 6) is -2.45. The average molecular weight is 354 g/mol. The van der Waals surface area contributed by atoms with E-state index >= 15 is 0 Å². The van der Waals surface area contributed by atoms with E-state index in [9.17, 15) is 17.6 Å². The predicted molar refractivity (Wildman–Crippen MR) is 70.7 cm³/mol. The van der Waals surface area contributed by atoms with Crippen LogP contribution in [0.1, 0.15) is 13.8 Å². The molecule has 0 saturated heterocycles. The second-order valence-corrected chi connectivity index (χ2v) is 6.79. The zero-order valence-electron chi connectivity index (χ0n) is 10.2. The number of halogens is 2. The van der Waals surface area contributed by atoms with E-state index in [1.165, 1.54) is 6.07 Å². The molecule has 0 saturated carbocycles. The van der Waals surface area contributed by atoms with Crippen LogP contribution < -0.4 is 4.72 Å². The first-order chi connectivity index (χ1) is 8.65. The minimum Gasteiger partial charge on any atom is -0.480 e. The molecular weight excluding hydrogens is 341 g/mol. The maximum Gasteiger partial charge on any atom is 0.322 e. The number of nitrogens with one attached hydrogen (secondary N) is 1. The van der Waals surface area contributed by atoms with E-state index in [-0.39, 0.29) is 9.37 Å². The highest BCUT2D eigenvalue weighted by Crippen LogP contribution is 2.23. The van der Waals surface area contributed by atoms with Gasteiger partial charge in [0.2, 0.25) is 10.0 Å². The van der Waals surface area contributed by atoms with Crippen molar-refractivity contribution in [1.29, 1.82) is 0 Å². The van der Waals surface area contributed by atoms with Gasteiger partial charge >= 0.3 is 5.97 Å². The molecule has 1 aromatic carbocycles. The quantitative estimate of drug-likeness (QED) is 0.847. The summed E-state index contributed by atoms with van der Waals surface area (Å²) in [6.45, 7) is 3.14. The van der Waals surface area contributed by atoms with Crippen LogP contribution in [-0.2, 0) is 14.8 Å². The first-order valence-corrected chi connectivity index (χ1v) is 7.63. The number of carbonyl (C=O) groups is 1. The SMILES string of the molecule is CC(C)C(NS(=O)(=O)c1cc(F)ccc1Br)C(=O)O. The molecule has 0 aliphatic heterocycles. The zero-order valence-corrected chi connectivity index (χ0v) is 12.6. The van der Waals surface area contributed by atoms with Crippen molar-refractivity contribution in [2.45, 2.75) is 24.8 Å². The Labute approximate surface area is 119 Å². The Morgan fingerprint density at radius 2 is 2.00 bits per heavy atom. The van der Waals surface area contributed by atoms with Gasteiger partial charge in [0.15, 0.2) is 0 Å². The maximum atomic E-state index is 13.1. The van der Waals surface area contributed by atoms with Gasteiger partial charge in [-0.2, -0.15) is 4.72 Å². The van der Waals surface area contributed by atoms with Crippen molar-refractivity contribution in [3.8, 4) is 0 Å². The Kier molecular flexibility index (Phi) is 5.05. The van der Waals surface area contributed by atoms with Crippen molar-refractivity contribution in [1.82, 2.24) is 4.72 Å². The summed E-state index contributed by atoms with van der Waals surface area (Å²) in [5.41, 5.74) is 0. The van der Waals surface area contributed by atoms with Crippen LogP contribution in [0.5, 0.6) is 0 Å². The summed E-state index contributed by atoms with van der Waals surface area (Å²) in [4.78, 5) is 10.7. The van der Waals surface area contributed by atoms with Gasteiger partial charge in [-0.15, -0.1) is 0 Å². The maximum absolute atomic E-state index is 13.1. The van der Waals surface area contributed by atoms with E-state index in [4.69, 9.17) is 5.11 Å². The van der Waals surface area contributed by atoms with Gasteiger partial charge in [-0.3, -0.25) is 4.79 Å². The molecule has 5 nitrogen and oxygen atoms in total. The van der Waals surface area contributed by atoms with Crippen LogP contribution in [0.3, 0.4) is 0 Å². The molecule has 0 radical (unpaired) electrons. The summed E-state index contributed by atoms with van der Waals surface area (Å²) >= 11 is 3.00. The van der Waals surface area contributed by atoms with Gasteiger partial charge < -0.3 is 5.11 Å². The van der Waals surface area contributed by atoms with Gasteiger partial charge in [-0.05, 0) is 40.0 Å².